The molecule has 0 aliphatic heterocycles. The van der Waals surface area contributed by atoms with Crippen LogP contribution in [-0.4, -0.2) is 9.13 Å². The Morgan fingerprint density at radius 2 is 0.880 bits per heavy atom. The topological polar surface area (TPSA) is 9.86 Å². The number of aromatic nitrogens is 2. The van der Waals surface area contributed by atoms with Crippen molar-refractivity contribution in [3.05, 3.63) is 187 Å². The maximum absolute atomic E-state index is 2.46. The average molecular weight is 639 g/mol. The van der Waals surface area contributed by atoms with E-state index in [1.54, 1.807) is 0 Å². The van der Waals surface area contributed by atoms with Gasteiger partial charge in [-0.3, -0.25) is 0 Å². The molecule has 7 aromatic carbocycles. The predicted molar refractivity (Wildman–Crippen MR) is 211 cm³/mol. The van der Waals surface area contributed by atoms with Crippen molar-refractivity contribution in [2.75, 3.05) is 0 Å². The van der Waals surface area contributed by atoms with Gasteiger partial charge in [-0.2, -0.15) is 0 Å². The lowest BCUT2D eigenvalue weighted by Gasteiger charge is -2.13. The third-order valence-electron chi connectivity index (χ3n) is 10.4. The summed E-state index contributed by atoms with van der Waals surface area (Å²) in [5.41, 5.74) is 16.2. The molecular formula is C48H34N2. The molecule has 2 heterocycles. The van der Waals surface area contributed by atoms with Crippen LogP contribution in [0.3, 0.4) is 0 Å². The third kappa shape index (κ3) is 4.64. The van der Waals surface area contributed by atoms with E-state index < -0.39 is 0 Å². The molecule has 0 atom stereocenters. The lowest BCUT2D eigenvalue weighted by molar-refractivity contribution is 0.968. The Hall–Kier alpha value is -6.38. The molecule has 0 bridgehead atoms. The van der Waals surface area contributed by atoms with E-state index in [0.29, 0.717) is 0 Å². The van der Waals surface area contributed by atoms with Gasteiger partial charge in [0.05, 0.1) is 16.6 Å². The predicted octanol–water partition coefficient (Wildman–Crippen LogP) is 12.7. The van der Waals surface area contributed by atoms with Gasteiger partial charge in [-0.15, -0.1) is 0 Å². The Kier molecular flexibility index (Phi) is 6.67. The van der Waals surface area contributed by atoms with Crippen molar-refractivity contribution < 1.29 is 0 Å². The van der Waals surface area contributed by atoms with E-state index in [4.69, 9.17) is 0 Å². The van der Waals surface area contributed by atoms with Crippen molar-refractivity contribution in [1.82, 2.24) is 9.13 Å². The zero-order valence-corrected chi connectivity index (χ0v) is 27.6. The number of fused-ring (bicyclic) bond motifs is 6. The monoisotopic (exact) mass is 638 g/mol. The van der Waals surface area contributed by atoms with Crippen molar-refractivity contribution in [3.8, 4) is 44.8 Å². The minimum Gasteiger partial charge on any atom is -0.310 e. The lowest BCUT2D eigenvalue weighted by atomic mass is 9.97. The number of benzene rings is 7. The highest BCUT2D eigenvalue weighted by Crippen LogP contribution is 2.39. The van der Waals surface area contributed by atoms with Gasteiger partial charge in [0, 0.05) is 33.2 Å². The van der Waals surface area contributed by atoms with Gasteiger partial charge in [-0.05, 0) is 112 Å². The van der Waals surface area contributed by atoms with Crippen LogP contribution in [-0.2, 0) is 6.42 Å². The summed E-state index contributed by atoms with van der Waals surface area (Å²) in [6.07, 6.45) is 6.75. The first-order valence-corrected chi connectivity index (χ1v) is 17.5. The highest BCUT2D eigenvalue weighted by Gasteiger charge is 2.20. The van der Waals surface area contributed by atoms with Crippen LogP contribution in [0.1, 0.15) is 17.7 Å². The summed E-state index contributed by atoms with van der Waals surface area (Å²) in [5, 5.41) is 3.87. The molecule has 0 unspecified atom stereocenters. The zero-order chi connectivity index (χ0) is 33.0. The highest BCUT2D eigenvalue weighted by molar-refractivity contribution is 6.10. The van der Waals surface area contributed by atoms with Crippen LogP contribution in [0.25, 0.3) is 83.5 Å². The minimum absolute atomic E-state index is 1.05. The van der Waals surface area contributed by atoms with Gasteiger partial charge in [0.15, 0.2) is 0 Å². The molecular weight excluding hydrogens is 605 g/mol. The summed E-state index contributed by atoms with van der Waals surface area (Å²) >= 11 is 0. The summed E-state index contributed by atoms with van der Waals surface area (Å²) < 4.78 is 4.87. The summed E-state index contributed by atoms with van der Waals surface area (Å²) in [6, 6.07) is 62.0. The summed E-state index contributed by atoms with van der Waals surface area (Å²) in [6.45, 7) is 0. The van der Waals surface area contributed by atoms with E-state index in [1.807, 2.05) is 0 Å². The van der Waals surface area contributed by atoms with Crippen LogP contribution in [0.15, 0.2) is 176 Å². The number of nitrogens with zero attached hydrogens (tertiary/aromatic N) is 2. The molecule has 0 N–H and O–H groups in total. The second kappa shape index (κ2) is 11.6. The number of hydrogen-bond donors (Lipinski definition) is 0. The molecule has 2 heteroatoms. The van der Waals surface area contributed by atoms with Gasteiger partial charge in [-0.25, -0.2) is 0 Å². The van der Waals surface area contributed by atoms with Crippen LogP contribution in [0.5, 0.6) is 0 Å². The summed E-state index contributed by atoms with van der Waals surface area (Å²) in [5.74, 6) is 0. The molecule has 1 aliphatic carbocycles. The standard InChI is InChI=1S/C48H34N2/c1-3-13-33(14-4-1)35-17-11-19-39(29-35)49-45-23-9-7-21-41(45)43-31-37(25-27-47(43)49)38-26-28-48-44(32-38)42-22-8-10-24-46(42)50(48)40-20-12-18-36(30-40)34-15-5-2-6-16-34/h1-7,9-21,23-32H,8,22H2. The van der Waals surface area contributed by atoms with E-state index in [-0.39, 0.29) is 0 Å². The van der Waals surface area contributed by atoms with E-state index >= 15 is 0 Å². The highest BCUT2D eigenvalue weighted by atomic mass is 15.0. The van der Waals surface area contributed by atoms with E-state index in [0.717, 1.165) is 12.8 Å². The van der Waals surface area contributed by atoms with E-state index in [2.05, 4.69) is 191 Å². The molecule has 0 amide bonds. The SMILES string of the molecule is C1=Cc2c(c3cc(-c4ccc5c(c4)c4ccccc4n5-c4cccc(-c5ccccc5)c4)ccc3n2-c2cccc(-c3ccccc3)c2)CC1. The van der Waals surface area contributed by atoms with Gasteiger partial charge >= 0.3 is 0 Å². The van der Waals surface area contributed by atoms with Gasteiger partial charge < -0.3 is 9.13 Å². The van der Waals surface area contributed by atoms with Crippen molar-refractivity contribution in [2.45, 2.75) is 12.8 Å². The van der Waals surface area contributed by atoms with Crippen molar-refractivity contribution in [3.63, 3.8) is 0 Å². The fraction of sp³-hybridized carbons (Fsp3) is 0.0417. The minimum atomic E-state index is 1.05. The van der Waals surface area contributed by atoms with Crippen LogP contribution in [0.2, 0.25) is 0 Å². The van der Waals surface area contributed by atoms with Crippen LogP contribution >= 0.6 is 0 Å². The largest absolute Gasteiger partial charge is 0.310 e. The van der Waals surface area contributed by atoms with Gasteiger partial charge in [-0.1, -0.05) is 121 Å². The fourth-order valence-electron chi connectivity index (χ4n) is 8.03. The Morgan fingerprint density at radius 1 is 0.360 bits per heavy atom. The second-order valence-corrected chi connectivity index (χ2v) is 13.3. The van der Waals surface area contributed by atoms with Crippen LogP contribution < -0.4 is 0 Å². The number of para-hydroxylation sites is 1. The van der Waals surface area contributed by atoms with Gasteiger partial charge in [0.2, 0.25) is 0 Å². The molecule has 2 aromatic heterocycles. The Bertz CT molecular complexity index is 2740. The maximum atomic E-state index is 2.46. The zero-order valence-electron chi connectivity index (χ0n) is 27.6. The number of allylic oxidation sites excluding steroid dienone is 1. The molecule has 1 aliphatic rings. The molecule has 2 nitrogen and oxygen atoms in total. The first-order chi connectivity index (χ1) is 24.8. The maximum Gasteiger partial charge on any atom is 0.0541 e. The molecule has 0 spiro atoms. The molecule has 0 saturated carbocycles. The molecule has 9 aromatic rings. The van der Waals surface area contributed by atoms with Crippen molar-refractivity contribution in [2.24, 2.45) is 0 Å². The molecule has 0 saturated heterocycles. The molecule has 236 valence electrons. The third-order valence-corrected chi connectivity index (χ3v) is 10.4. The Morgan fingerprint density at radius 3 is 1.56 bits per heavy atom. The number of rotatable bonds is 5. The number of hydrogen-bond acceptors (Lipinski definition) is 0. The van der Waals surface area contributed by atoms with E-state index in [1.165, 1.54) is 88.7 Å². The lowest BCUT2D eigenvalue weighted by Crippen LogP contribution is -2.00. The molecule has 10 rings (SSSR count). The second-order valence-electron chi connectivity index (χ2n) is 13.3. The molecule has 50 heavy (non-hydrogen) atoms. The van der Waals surface area contributed by atoms with Gasteiger partial charge in [0.1, 0.15) is 0 Å². The smallest absolute Gasteiger partial charge is 0.0541 e. The van der Waals surface area contributed by atoms with Crippen molar-refractivity contribution >= 4 is 38.8 Å². The molecule has 0 fully saturated rings. The normalized spacial score (nSPS) is 12.6. The Labute approximate surface area is 291 Å². The van der Waals surface area contributed by atoms with Crippen LogP contribution in [0, 0.1) is 0 Å². The fourth-order valence-corrected chi connectivity index (χ4v) is 8.03. The van der Waals surface area contributed by atoms with Crippen LogP contribution in [0.4, 0.5) is 0 Å². The summed E-state index contributed by atoms with van der Waals surface area (Å²) in [7, 11) is 0. The first-order valence-electron chi connectivity index (χ1n) is 17.5. The first kappa shape index (κ1) is 28.6. The average Bonchev–Trinajstić information content (AvgIpc) is 3.71. The van der Waals surface area contributed by atoms with Crippen molar-refractivity contribution in [1.29, 1.82) is 0 Å². The molecule has 0 radical (unpaired) electrons. The van der Waals surface area contributed by atoms with Gasteiger partial charge in [0.25, 0.3) is 0 Å². The van der Waals surface area contributed by atoms with E-state index in [9.17, 15) is 0 Å². The summed E-state index contributed by atoms with van der Waals surface area (Å²) in [4.78, 5) is 0. The number of aryl methyl sites for hydroxylation is 1. The Balaban J connectivity index is 1.11. The quantitative estimate of drug-likeness (QED) is 0.178.